The number of hydrogen-bond acceptors (Lipinski definition) is 9. The number of hydrogen-bond donors (Lipinski definition) is 1. The molecular weight excluding hydrogens is 410 g/mol. The molecule has 0 aromatic carbocycles. The molecule has 3 atom stereocenters. The first kappa shape index (κ1) is 22.2. The molecule has 162 valence electrons. The minimum Gasteiger partial charge on any atom is -0.427 e. The first-order valence-electron chi connectivity index (χ1n) is 9.58. The van der Waals surface area contributed by atoms with Crippen molar-refractivity contribution < 1.29 is 29.0 Å². The molecule has 0 bridgehead atoms. The molecule has 1 aromatic heterocycles. The number of thioether (sulfide) groups is 1. The molecule has 0 spiro atoms. The molecule has 3 unspecified atom stereocenters. The number of β-lactam (4-membered cyclic amide) rings is 1. The third-order valence-corrected chi connectivity index (χ3v) is 5.88. The Labute approximate surface area is 178 Å². The van der Waals surface area contributed by atoms with Gasteiger partial charge in [0.15, 0.2) is 5.16 Å². The van der Waals surface area contributed by atoms with E-state index in [1.807, 2.05) is 0 Å². The van der Waals surface area contributed by atoms with E-state index in [9.17, 15) is 19.5 Å². The van der Waals surface area contributed by atoms with Crippen LogP contribution in [-0.2, 0) is 23.9 Å². The summed E-state index contributed by atoms with van der Waals surface area (Å²) >= 11 is 1.34. The summed E-state index contributed by atoms with van der Waals surface area (Å²) in [5.41, 5.74) is 0.137. The minimum absolute atomic E-state index is 0.150. The van der Waals surface area contributed by atoms with E-state index in [2.05, 4.69) is 9.97 Å². The molecule has 1 aromatic rings. The van der Waals surface area contributed by atoms with Gasteiger partial charge in [0.25, 0.3) is 0 Å². The standard InChI is InChI=1S/C20H25N3O6S/c1-11(24)14-13-8-12(9-30-19-21-6-5-7-22-19)15(23(13)16(14)25)17(26)28-10-29-18(27)20(2,3)4/h5-7,11,13-14,24H,8-10H2,1-4H3. The molecular formula is C20H25N3O6S. The van der Waals surface area contributed by atoms with Gasteiger partial charge in [-0.15, -0.1) is 0 Å². The zero-order valence-corrected chi connectivity index (χ0v) is 18.1. The second-order valence-corrected chi connectivity index (χ2v) is 9.19. The SMILES string of the molecule is CC(O)C1C(=O)N2C(C(=O)OCOC(=O)C(C)(C)C)=C(CSc3ncccn3)CC12. The van der Waals surface area contributed by atoms with Gasteiger partial charge in [-0.2, -0.15) is 0 Å². The lowest BCUT2D eigenvalue weighted by Gasteiger charge is -2.44. The Bertz CT molecular complexity index is 865. The topological polar surface area (TPSA) is 119 Å². The van der Waals surface area contributed by atoms with Crippen molar-refractivity contribution >= 4 is 29.6 Å². The summed E-state index contributed by atoms with van der Waals surface area (Å²) in [6.45, 7) is 6.10. The van der Waals surface area contributed by atoms with E-state index in [1.165, 1.54) is 16.7 Å². The maximum atomic E-state index is 12.7. The number of ether oxygens (including phenoxy) is 2. The molecule has 9 nitrogen and oxygen atoms in total. The van der Waals surface area contributed by atoms with Crippen LogP contribution >= 0.6 is 11.8 Å². The summed E-state index contributed by atoms with van der Waals surface area (Å²) in [5.74, 6) is -1.71. The average molecular weight is 436 g/mol. The van der Waals surface area contributed by atoms with Crippen LogP contribution in [0, 0.1) is 11.3 Å². The van der Waals surface area contributed by atoms with Gasteiger partial charge < -0.3 is 19.5 Å². The molecule has 1 N–H and O–H groups in total. The first-order valence-corrected chi connectivity index (χ1v) is 10.6. The number of carbonyl (C=O) groups is 3. The fourth-order valence-electron chi connectivity index (χ4n) is 3.41. The molecule has 1 saturated heterocycles. The first-order chi connectivity index (χ1) is 14.1. The van der Waals surface area contributed by atoms with Crippen LogP contribution in [-0.4, -0.2) is 62.5 Å². The molecule has 10 heteroatoms. The van der Waals surface area contributed by atoms with E-state index in [-0.39, 0.29) is 17.6 Å². The lowest BCUT2D eigenvalue weighted by Crippen LogP contribution is -2.61. The van der Waals surface area contributed by atoms with Gasteiger partial charge in [-0.25, -0.2) is 14.8 Å². The number of aromatic nitrogens is 2. The molecule has 2 aliphatic heterocycles. The normalized spacial score (nSPS) is 21.8. The number of rotatable bonds is 7. The smallest absolute Gasteiger partial charge is 0.357 e. The van der Waals surface area contributed by atoms with E-state index in [0.717, 1.165) is 0 Å². The van der Waals surface area contributed by atoms with Gasteiger partial charge in [0, 0.05) is 18.1 Å². The second kappa shape index (κ2) is 8.73. The summed E-state index contributed by atoms with van der Waals surface area (Å²) in [7, 11) is 0. The second-order valence-electron chi connectivity index (χ2n) is 8.25. The highest BCUT2D eigenvalue weighted by molar-refractivity contribution is 7.99. The van der Waals surface area contributed by atoms with Crippen molar-refractivity contribution in [3.05, 3.63) is 29.7 Å². The number of carbonyl (C=O) groups excluding carboxylic acids is 3. The van der Waals surface area contributed by atoms with Gasteiger partial charge in [-0.1, -0.05) is 11.8 Å². The maximum Gasteiger partial charge on any atom is 0.357 e. The third-order valence-electron chi connectivity index (χ3n) is 4.92. The van der Waals surface area contributed by atoms with Crippen LogP contribution in [0.5, 0.6) is 0 Å². The minimum atomic E-state index is -0.812. The molecule has 30 heavy (non-hydrogen) atoms. The van der Waals surface area contributed by atoms with Gasteiger partial charge in [0.2, 0.25) is 12.7 Å². The lowest BCUT2D eigenvalue weighted by molar-refractivity contribution is -0.175. The van der Waals surface area contributed by atoms with Gasteiger partial charge in [-0.05, 0) is 45.8 Å². The van der Waals surface area contributed by atoms with Gasteiger partial charge in [-0.3, -0.25) is 9.59 Å². The van der Waals surface area contributed by atoms with Gasteiger partial charge in [0.05, 0.1) is 23.5 Å². The highest BCUT2D eigenvalue weighted by Gasteiger charge is 2.56. The van der Waals surface area contributed by atoms with Crippen LogP contribution in [0.2, 0.25) is 0 Å². The summed E-state index contributed by atoms with van der Waals surface area (Å²) in [6.07, 6.45) is 2.88. The summed E-state index contributed by atoms with van der Waals surface area (Å²) in [5, 5.41) is 10.5. The fraction of sp³-hybridized carbons (Fsp3) is 0.550. The number of aliphatic hydroxyl groups is 1. The predicted octanol–water partition coefficient (Wildman–Crippen LogP) is 1.52. The number of nitrogens with zero attached hydrogens (tertiary/aromatic N) is 3. The highest BCUT2D eigenvalue weighted by atomic mass is 32.2. The summed E-state index contributed by atoms with van der Waals surface area (Å²) in [6, 6.07) is 1.42. The van der Waals surface area contributed by atoms with Crippen molar-refractivity contribution in [3.63, 3.8) is 0 Å². The Hall–Kier alpha value is -2.46. The number of fused-ring (bicyclic) bond motifs is 1. The van der Waals surface area contributed by atoms with Crippen LogP contribution in [0.4, 0.5) is 0 Å². The molecule has 1 fully saturated rings. The maximum absolute atomic E-state index is 12.7. The lowest BCUT2D eigenvalue weighted by atomic mass is 9.83. The molecule has 3 heterocycles. The van der Waals surface area contributed by atoms with E-state index < -0.39 is 36.2 Å². The molecule has 3 rings (SSSR count). The number of esters is 2. The average Bonchev–Trinajstić information content (AvgIpc) is 3.00. The third kappa shape index (κ3) is 4.49. The largest absolute Gasteiger partial charge is 0.427 e. The van der Waals surface area contributed by atoms with Crippen LogP contribution in [0.15, 0.2) is 34.9 Å². The van der Waals surface area contributed by atoms with Gasteiger partial charge >= 0.3 is 11.9 Å². The van der Waals surface area contributed by atoms with Crippen molar-refractivity contribution in [1.82, 2.24) is 14.9 Å². The van der Waals surface area contributed by atoms with E-state index >= 15 is 0 Å². The Morgan fingerprint density at radius 2 is 1.97 bits per heavy atom. The Kier molecular flexibility index (Phi) is 6.47. The number of amides is 1. The molecule has 0 radical (unpaired) electrons. The Balaban J connectivity index is 1.72. The van der Waals surface area contributed by atoms with Crippen molar-refractivity contribution in [3.8, 4) is 0 Å². The Morgan fingerprint density at radius 3 is 2.57 bits per heavy atom. The Morgan fingerprint density at radius 1 is 1.30 bits per heavy atom. The molecule has 0 aliphatic carbocycles. The zero-order valence-electron chi connectivity index (χ0n) is 17.3. The van der Waals surface area contributed by atoms with Gasteiger partial charge in [0.1, 0.15) is 5.70 Å². The fourth-order valence-corrected chi connectivity index (χ4v) is 4.24. The summed E-state index contributed by atoms with van der Waals surface area (Å²) in [4.78, 5) is 46.8. The quantitative estimate of drug-likeness (QED) is 0.223. The molecule has 0 saturated carbocycles. The van der Waals surface area contributed by atoms with Crippen molar-refractivity contribution in [2.24, 2.45) is 11.3 Å². The molecule has 1 amide bonds. The zero-order chi connectivity index (χ0) is 22.1. The van der Waals surface area contributed by atoms with Crippen LogP contribution in [0.3, 0.4) is 0 Å². The van der Waals surface area contributed by atoms with E-state index in [0.29, 0.717) is 22.9 Å². The van der Waals surface area contributed by atoms with Crippen LogP contribution in [0.25, 0.3) is 0 Å². The van der Waals surface area contributed by atoms with Crippen LogP contribution < -0.4 is 0 Å². The van der Waals surface area contributed by atoms with E-state index in [4.69, 9.17) is 9.47 Å². The number of aliphatic hydroxyl groups excluding tert-OH is 1. The summed E-state index contributed by atoms with van der Waals surface area (Å²) < 4.78 is 10.1. The molecule has 2 aliphatic rings. The highest BCUT2D eigenvalue weighted by Crippen LogP contribution is 2.45. The van der Waals surface area contributed by atoms with Crippen molar-refractivity contribution in [1.29, 1.82) is 0 Å². The van der Waals surface area contributed by atoms with E-state index in [1.54, 1.807) is 46.2 Å². The van der Waals surface area contributed by atoms with Crippen molar-refractivity contribution in [2.75, 3.05) is 12.5 Å². The van der Waals surface area contributed by atoms with Crippen molar-refractivity contribution in [2.45, 2.75) is 51.4 Å². The monoisotopic (exact) mass is 435 g/mol. The predicted molar refractivity (Wildman–Crippen MR) is 107 cm³/mol. The van der Waals surface area contributed by atoms with Crippen LogP contribution in [0.1, 0.15) is 34.1 Å².